The molecular formula is C17H24N2O2. The van der Waals surface area contributed by atoms with Crippen molar-refractivity contribution in [1.82, 2.24) is 4.90 Å². The Hall–Kier alpha value is -1.83. The maximum atomic E-state index is 12.0. The van der Waals surface area contributed by atoms with Crippen LogP contribution in [0.15, 0.2) is 24.3 Å². The van der Waals surface area contributed by atoms with E-state index in [1.165, 1.54) is 0 Å². The number of carbonyl (C=O) groups is 1. The summed E-state index contributed by atoms with van der Waals surface area (Å²) in [5, 5.41) is 0. The number of nitrogens with zero attached hydrogens (tertiary/aromatic N) is 1. The summed E-state index contributed by atoms with van der Waals surface area (Å²) in [6.07, 6.45) is 1.36. The van der Waals surface area contributed by atoms with Gasteiger partial charge in [-0.25, -0.2) is 0 Å². The molecule has 0 saturated heterocycles. The lowest BCUT2D eigenvalue weighted by molar-refractivity contribution is -0.131. The number of amides is 1. The number of benzene rings is 1. The molecule has 0 aromatic heterocycles. The second-order valence-electron chi connectivity index (χ2n) is 5.04. The number of rotatable bonds is 6. The van der Waals surface area contributed by atoms with E-state index in [2.05, 4.69) is 11.8 Å². The lowest BCUT2D eigenvalue weighted by Crippen LogP contribution is -2.26. The predicted octanol–water partition coefficient (Wildman–Crippen LogP) is 1.77. The molecule has 0 aliphatic heterocycles. The summed E-state index contributed by atoms with van der Waals surface area (Å²) in [4.78, 5) is 13.7. The van der Waals surface area contributed by atoms with Crippen molar-refractivity contribution in [3.8, 4) is 11.8 Å². The van der Waals surface area contributed by atoms with Crippen LogP contribution in [0.4, 0.5) is 0 Å². The molecule has 2 N–H and O–H groups in total. The molecule has 1 aromatic rings. The Morgan fingerprint density at radius 3 is 2.62 bits per heavy atom. The standard InChI is InChI=1S/C17H24N2O2/c1-14(21-3)6-11-17(20)19(2)13-16-9-7-15(8-10-16)5-4-12-18/h7-10,14H,6,11-13,18H2,1-3H3. The van der Waals surface area contributed by atoms with Crippen LogP contribution < -0.4 is 5.73 Å². The Labute approximate surface area is 127 Å². The summed E-state index contributed by atoms with van der Waals surface area (Å²) in [5.41, 5.74) is 7.36. The van der Waals surface area contributed by atoms with Gasteiger partial charge in [-0.3, -0.25) is 4.79 Å². The molecule has 1 amide bonds. The van der Waals surface area contributed by atoms with Crippen molar-refractivity contribution >= 4 is 5.91 Å². The average Bonchev–Trinajstić information content (AvgIpc) is 2.51. The van der Waals surface area contributed by atoms with E-state index in [4.69, 9.17) is 10.5 Å². The number of hydrogen-bond acceptors (Lipinski definition) is 3. The second kappa shape index (κ2) is 9.17. The highest BCUT2D eigenvalue weighted by molar-refractivity contribution is 5.75. The zero-order valence-electron chi connectivity index (χ0n) is 13.1. The van der Waals surface area contributed by atoms with Gasteiger partial charge in [-0.05, 0) is 31.0 Å². The Kier molecular flexibility index (Phi) is 7.52. The highest BCUT2D eigenvalue weighted by atomic mass is 16.5. The number of ether oxygens (including phenoxy) is 1. The van der Waals surface area contributed by atoms with Gasteiger partial charge in [0.1, 0.15) is 0 Å². The molecule has 0 bridgehead atoms. The molecule has 114 valence electrons. The Morgan fingerprint density at radius 2 is 2.05 bits per heavy atom. The molecule has 0 saturated carbocycles. The molecule has 4 heteroatoms. The molecule has 1 aromatic carbocycles. The third-order valence-electron chi connectivity index (χ3n) is 3.30. The second-order valence-corrected chi connectivity index (χ2v) is 5.04. The van der Waals surface area contributed by atoms with Crippen LogP contribution in [0.1, 0.15) is 30.9 Å². The molecule has 0 aliphatic carbocycles. The first kappa shape index (κ1) is 17.2. The highest BCUT2D eigenvalue weighted by Gasteiger charge is 2.11. The summed E-state index contributed by atoms with van der Waals surface area (Å²) >= 11 is 0. The summed E-state index contributed by atoms with van der Waals surface area (Å²) in [6.45, 7) is 2.93. The Bertz CT molecular complexity index is 500. The number of hydrogen-bond donors (Lipinski definition) is 1. The van der Waals surface area contributed by atoms with Gasteiger partial charge in [0, 0.05) is 32.7 Å². The van der Waals surface area contributed by atoms with Crippen molar-refractivity contribution in [2.24, 2.45) is 5.73 Å². The summed E-state index contributed by atoms with van der Waals surface area (Å²) < 4.78 is 5.15. The molecule has 0 fully saturated rings. The average molecular weight is 288 g/mol. The molecule has 1 rings (SSSR count). The minimum absolute atomic E-state index is 0.114. The predicted molar refractivity (Wildman–Crippen MR) is 84.6 cm³/mol. The van der Waals surface area contributed by atoms with Gasteiger partial charge in [0.05, 0.1) is 12.6 Å². The first-order chi connectivity index (χ1) is 10.1. The summed E-state index contributed by atoms with van der Waals surface area (Å²) in [7, 11) is 3.48. The highest BCUT2D eigenvalue weighted by Crippen LogP contribution is 2.09. The van der Waals surface area contributed by atoms with E-state index in [1.807, 2.05) is 38.2 Å². The smallest absolute Gasteiger partial charge is 0.222 e. The van der Waals surface area contributed by atoms with Crippen molar-refractivity contribution in [2.75, 3.05) is 20.7 Å². The van der Waals surface area contributed by atoms with Gasteiger partial charge >= 0.3 is 0 Å². The number of carbonyl (C=O) groups excluding carboxylic acids is 1. The van der Waals surface area contributed by atoms with Gasteiger partial charge in [-0.2, -0.15) is 0 Å². The van der Waals surface area contributed by atoms with Crippen LogP contribution in [0.25, 0.3) is 0 Å². The molecule has 0 spiro atoms. The van der Waals surface area contributed by atoms with Gasteiger partial charge in [0.25, 0.3) is 0 Å². The zero-order chi connectivity index (χ0) is 15.7. The maximum Gasteiger partial charge on any atom is 0.222 e. The van der Waals surface area contributed by atoms with Gasteiger partial charge in [0.15, 0.2) is 0 Å². The Morgan fingerprint density at radius 1 is 1.38 bits per heavy atom. The quantitative estimate of drug-likeness (QED) is 0.812. The third-order valence-corrected chi connectivity index (χ3v) is 3.30. The van der Waals surface area contributed by atoms with Crippen LogP contribution in [-0.2, 0) is 16.1 Å². The molecule has 1 unspecified atom stereocenters. The van der Waals surface area contributed by atoms with E-state index in [0.717, 1.165) is 17.5 Å². The molecule has 21 heavy (non-hydrogen) atoms. The molecule has 1 atom stereocenters. The monoisotopic (exact) mass is 288 g/mol. The van der Waals surface area contributed by atoms with Crippen LogP contribution in [-0.4, -0.2) is 37.6 Å². The van der Waals surface area contributed by atoms with Crippen LogP contribution in [0.3, 0.4) is 0 Å². The molecular weight excluding hydrogens is 264 g/mol. The fraction of sp³-hybridized carbons (Fsp3) is 0.471. The van der Waals surface area contributed by atoms with Crippen molar-refractivity contribution in [2.45, 2.75) is 32.4 Å². The van der Waals surface area contributed by atoms with E-state index < -0.39 is 0 Å². The van der Waals surface area contributed by atoms with Crippen LogP contribution in [0, 0.1) is 11.8 Å². The fourth-order valence-electron chi connectivity index (χ4n) is 1.84. The van der Waals surface area contributed by atoms with Crippen molar-refractivity contribution < 1.29 is 9.53 Å². The van der Waals surface area contributed by atoms with E-state index in [1.54, 1.807) is 12.0 Å². The van der Waals surface area contributed by atoms with Crippen LogP contribution in [0.2, 0.25) is 0 Å². The first-order valence-electron chi connectivity index (χ1n) is 7.11. The molecule has 4 nitrogen and oxygen atoms in total. The fourth-order valence-corrected chi connectivity index (χ4v) is 1.84. The SMILES string of the molecule is COC(C)CCC(=O)N(C)Cc1ccc(C#CCN)cc1. The van der Waals surface area contributed by atoms with Gasteiger partial charge in [-0.15, -0.1) is 0 Å². The lowest BCUT2D eigenvalue weighted by Gasteiger charge is -2.18. The zero-order valence-corrected chi connectivity index (χ0v) is 13.1. The van der Waals surface area contributed by atoms with Crippen LogP contribution in [0.5, 0.6) is 0 Å². The summed E-state index contributed by atoms with van der Waals surface area (Å²) in [6, 6.07) is 7.87. The van der Waals surface area contributed by atoms with Crippen LogP contribution >= 0.6 is 0 Å². The van der Waals surface area contributed by atoms with Gasteiger partial charge < -0.3 is 15.4 Å². The molecule has 0 aliphatic rings. The van der Waals surface area contributed by atoms with E-state index >= 15 is 0 Å². The molecule has 0 radical (unpaired) electrons. The third kappa shape index (κ3) is 6.44. The van der Waals surface area contributed by atoms with Gasteiger partial charge in [-0.1, -0.05) is 24.0 Å². The number of nitrogens with two attached hydrogens (primary N) is 1. The topological polar surface area (TPSA) is 55.6 Å². The largest absolute Gasteiger partial charge is 0.382 e. The minimum Gasteiger partial charge on any atom is -0.382 e. The van der Waals surface area contributed by atoms with Crippen molar-refractivity contribution in [3.05, 3.63) is 35.4 Å². The minimum atomic E-state index is 0.114. The normalized spacial score (nSPS) is 11.4. The van der Waals surface area contributed by atoms with E-state index in [-0.39, 0.29) is 12.0 Å². The van der Waals surface area contributed by atoms with E-state index in [9.17, 15) is 4.79 Å². The lowest BCUT2D eigenvalue weighted by atomic mass is 10.1. The maximum absolute atomic E-state index is 12.0. The van der Waals surface area contributed by atoms with Crippen molar-refractivity contribution in [3.63, 3.8) is 0 Å². The summed E-state index contributed by atoms with van der Waals surface area (Å²) in [5.74, 6) is 5.93. The van der Waals surface area contributed by atoms with E-state index in [0.29, 0.717) is 19.5 Å². The number of methoxy groups -OCH3 is 1. The van der Waals surface area contributed by atoms with Crippen molar-refractivity contribution in [1.29, 1.82) is 0 Å². The Balaban J connectivity index is 2.50. The first-order valence-corrected chi connectivity index (χ1v) is 7.11. The van der Waals surface area contributed by atoms with Gasteiger partial charge in [0.2, 0.25) is 5.91 Å². The molecule has 0 heterocycles.